The summed E-state index contributed by atoms with van der Waals surface area (Å²) in [5, 5.41) is 4.99. The second kappa shape index (κ2) is 16.5. The summed E-state index contributed by atoms with van der Waals surface area (Å²) in [6, 6.07) is 14.4. The van der Waals surface area contributed by atoms with Gasteiger partial charge in [-0.05, 0) is 117 Å². The number of carbonyl (C=O) groups excluding carboxylic acids is 1. The van der Waals surface area contributed by atoms with Gasteiger partial charge in [-0.1, -0.05) is 25.1 Å². The summed E-state index contributed by atoms with van der Waals surface area (Å²) in [6.07, 6.45) is 5.38. The number of aryl methyl sites for hydroxylation is 2. The largest absolute Gasteiger partial charge is 0.438 e. The molecule has 18 heteroatoms. The molecule has 4 atom stereocenters. The van der Waals surface area contributed by atoms with E-state index < -0.39 is 44.4 Å². The Morgan fingerprint density at radius 3 is 2.38 bits per heavy atom. The Hall–Kier alpha value is -6.40. The van der Waals surface area contributed by atoms with Gasteiger partial charge in [0.15, 0.2) is 5.82 Å². The summed E-state index contributed by atoms with van der Waals surface area (Å²) in [5.41, 5.74) is 9.22. The third-order valence-corrected chi connectivity index (χ3v) is 15.9. The van der Waals surface area contributed by atoms with E-state index in [0.717, 1.165) is 39.9 Å². The smallest absolute Gasteiger partial charge is 0.402 e. The van der Waals surface area contributed by atoms with Crippen LogP contribution in [0.5, 0.6) is 0 Å². The number of halogens is 2. The van der Waals surface area contributed by atoms with Gasteiger partial charge in [0, 0.05) is 73.5 Å². The van der Waals surface area contributed by atoms with Crippen LogP contribution in [-0.4, -0.2) is 83.3 Å². The maximum atomic E-state index is 15.9. The number of H-pyrrole nitrogens is 1. The van der Waals surface area contributed by atoms with Crippen LogP contribution in [0.1, 0.15) is 85.4 Å². The molecule has 340 valence electrons. The number of fused-ring (bicyclic) bond motifs is 1. The molecule has 0 spiro atoms. The fourth-order valence-corrected chi connectivity index (χ4v) is 11.2. The zero-order valence-electron chi connectivity index (χ0n) is 37.1. The first-order chi connectivity index (χ1) is 31.1. The minimum Gasteiger partial charge on any atom is -0.402 e. The summed E-state index contributed by atoms with van der Waals surface area (Å²) in [4.78, 5) is 52.0. The number of aromatic amines is 1. The Morgan fingerprint density at radius 1 is 1.03 bits per heavy atom. The number of amides is 1. The van der Waals surface area contributed by atoms with Gasteiger partial charge in [-0.15, -0.1) is 0 Å². The van der Waals surface area contributed by atoms with Crippen molar-refractivity contribution in [2.24, 2.45) is 21.0 Å². The van der Waals surface area contributed by atoms with Crippen molar-refractivity contribution < 1.29 is 27.0 Å². The van der Waals surface area contributed by atoms with Crippen molar-refractivity contribution in [1.82, 2.24) is 28.7 Å². The second-order valence-electron chi connectivity index (χ2n) is 17.3. The monoisotopic (exact) mass is 907 g/mol. The summed E-state index contributed by atoms with van der Waals surface area (Å²) in [6.45, 7) is 10.3. The fraction of sp³-hybridized carbons (Fsp3) is 0.383. The average Bonchev–Trinajstić information content (AvgIpc) is 3.61. The van der Waals surface area contributed by atoms with Crippen LogP contribution in [0.4, 0.5) is 14.5 Å². The van der Waals surface area contributed by atoms with Crippen molar-refractivity contribution in [3.05, 3.63) is 139 Å². The fourth-order valence-electron chi connectivity index (χ4n) is 9.78. The van der Waals surface area contributed by atoms with Gasteiger partial charge >= 0.3 is 11.4 Å². The molecule has 3 aliphatic rings. The maximum Gasteiger partial charge on any atom is 0.438 e. The van der Waals surface area contributed by atoms with E-state index >= 15 is 9.18 Å². The van der Waals surface area contributed by atoms with E-state index in [1.165, 1.54) is 36.1 Å². The van der Waals surface area contributed by atoms with Crippen LogP contribution in [0.25, 0.3) is 16.6 Å². The number of aromatic nitrogens is 5. The molecule has 2 aliphatic heterocycles. The lowest BCUT2D eigenvalue weighted by molar-refractivity contribution is 0.0697. The standard InChI is InChI=1S/C47H51F2N9O6S/c1-7-65(62,51-6)34-9-11-38(35(48)24-34)56-16-17-57(46(56)61)42(52-33-20-26(2)41(49)27(3)21-33)40-29(5)55(15-12-36(40)50)43(59)39-23-32-22-31(30-13-18-63-19-14-30)8-10-37(32)58(39)47(25-28(47)4)44-53-45(60)64-54-44/h8-11,16-17,20-24,28-30H,7,12-15,18-19,25,50H2,1-6H3,(H,53,54,60)/t28-,29-,47-,65?/m0/s1. The van der Waals surface area contributed by atoms with Crippen molar-refractivity contribution in [3.8, 4) is 5.69 Å². The molecule has 0 bridgehead atoms. The molecule has 3 aromatic heterocycles. The van der Waals surface area contributed by atoms with E-state index in [9.17, 15) is 18.2 Å². The molecule has 15 nitrogen and oxygen atoms in total. The van der Waals surface area contributed by atoms with Crippen molar-refractivity contribution in [2.45, 2.75) is 82.7 Å². The van der Waals surface area contributed by atoms with Crippen LogP contribution < -0.4 is 17.2 Å². The summed E-state index contributed by atoms with van der Waals surface area (Å²) >= 11 is 0. The number of benzene rings is 3. The maximum absolute atomic E-state index is 15.9. The Morgan fingerprint density at radius 2 is 1.75 bits per heavy atom. The second-order valence-corrected chi connectivity index (χ2v) is 20.0. The summed E-state index contributed by atoms with van der Waals surface area (Å²) in [5.74, 6) is -1.39. The topological polar surface area (TPSA) is 188 Å². The van der Waals surface area contributed by atoms with Gasteiger partial charge in [0.2, 0.25) is 0 Å². The molecule has 1 saturated carbocycles. The molecule has 0 radical (unpaired) electrons. The lowest BCUT2D eigenvalue weighted by Gasteiger charge is -2.37. The minimum absolute atomic E-state index is 0.0267. The molecule has 2 fully saturated rings. The number of carbonyl (C=O) groups is 1. The number of imidazole rings is 1. The number of aliphatic imine (C=N–C) groups is 1. The van der Waals surface area contributed by atoms with E-state index in [2.05, 4.69) is 26.6 Å². The van der Waals surface area contributed by atoms with Gasteiger partial charge in [-0.25, -0.2) is 31.9 Å². The number of nitrogens with zero attached hydrogens (tertiary/aromatic N) is 7. The van der Waals surface area contributed by atoms with Crippen LogP contribution in [0, 0.1) is 31.4 Å². The quantitative estimate of drug-likeness (QED) is 0.114. The lowest BCUT2D eigenvalue weighted by atomic mass is 9.91. The first kappa shape index (κ1) is 43.8. The SMILES string of the molecule is CCS(=O)(=NC)c1ccc(-n2ccn(C(=Nc3cc(C)c(F)c(C)c3)C3=C(N)CCN(C(=O)c4cc5cc(C6CCOCC6)ccc5n4[C@@]4(c5noc(=O)[nH]5)C[C@@H]4C)[C@H]3C)c2=O)c(F)c1. The Labute approximate surface area is 373 Å². The Kier molecular flexibility index (Phi) is 11.2. The molecular weight excluding hydrogens is 857 g/mol. The van der Waals surface area contributed by atoms with Crippen molar-refractivity contribution >= 4 is 38.1 Å². The van der Waals surface area contributed by atoms with E-state index in [0.29, 0.717) is 65.2 Å². The van der Waals surface area contributed by atoms with Crippen LogP contribution in [0.2, 0.25) is 0 Å². The molecule has 9 rings (SSSR count). The van der Waals surface area contributed by atoms with Gasteiger partial charge < -0.3 is 19.9 Å². The van der Waals surface area contributed by atoms with E-state index in [1.54, 1.807) is 44.7 Å². The zero-order valence-corrected chi connectivity index (χ0v) is 37.9. The van der Waals surface area contributed by atoms with Gasteiger partial charge in [0.05, 0.1) is 32.0 Å². The van der Waals surface area contributed by atoms with Gasteiger partial charge in [0.25, 0.3) is 5.91 Å². The molecule has 1 unspecified atom stereocenters. The highest BCUT2D eigenvalue weighted by atomic mass is 32.2. The summed E-state index contributed by atoms with van der Waals surface area (Å²) in [7, 11) is -1.44. The molecule has 65 heavy (non-hydrogen) atoms. The molecular formula is C47H51F2N9O6S. The van der Waals surface area contributed by atoms with E-state index in [4.69, 9.17) is 20.0 Å². The third-order valence-electron chi connectivity index (χ3n) is 13.5. The van der Waals surface area contributed by atoms with Crippen LogP contribution in [0.3, 0.4) is 0 Å². The molecule has 1 amide bonds. The highest BCUT2D eigenvalue weighted by Crippen LogP contribution is 2.56. The number of hydrogen-bond donors (Lipinski definition) is 2. The van der Waals surface area contributed by atoms with Crippen molar-refractivity contribution in [3.63, 3.8) is 0 Å². The molecule has 3 N–H and O–H groups in total. The minimum atomic E-state index is -2.86. The molecule has 1 saturated heterocycles. The van der Waals surface area contributed by atoms with Crippen molar-refractivity contribution in [2.75, 3.05) is 32.6 Å². The number of rotatable bonds is 9. The molecule has 5 heterocycles. The third kappa shape index (κ3) is 7.35. The zero-order chi connectivity index (χ0) is 46.1. The van der Waals surface area contributed by atoms with Gasteiger partial charge in [-0.2, -0.15) is 0 Å². The van der Waals surface area contributed by atoms with Crippen LogP contribution in [0.15, 0.2) is 107 Å². The lowest BCUT2D eigenvalue weighted by Crippen LogP contribution is -2.49. The highest BCUT2D eigenvalue weighted by molar-refractivity contribution is 7.93. The molecule has 1 aliphatic carbocycles. The molecule has 3 aromatic carbocycles. The number of nitrogens with two attached hydrogens (primary N) is 1. The van der Waals surface area contributed by atoms with E-state index in [-0.39, 0.29) is 47.0 Å². The average molecular weight is 908 g/mol. The van der Waals surface area contributed by atoms with Gasteiger partial charge in [0.1, 0.15) is 28.7 Å². The van der Waals surface area contributed by atoms with Gasteiger partial charge in [-0.3, -0.25) is 23.4 Å². The Balaban J connectivity index is 1.17. The van der Waals surface area contributed by atoms with E-state index in [1.807, 2.05) is 23.6 Å². The van der Waals surface area contributed by atoms with Crippen molar-refractivity contribution in [1.29, 1.82) is 0 Å². The first-order valence-electron chi connectivity index (χ1n) is 21.8. The first-order valence-corrected chi connectivity index (χ1v) is 23.5. The predicted molar refractivity (Wildman–Crippen MR) is 243 cm³/mol. The normalized spacial score (nSPS) is 21.5. The van der Waals surface area contributed by atoms with Crippen LogP contribution in [-0.2, 0) is 20.0 Å². The number of nitrogens with one attached hydrogen (secondary N) is 1. The number of ether oxygens (including phenoxy) is 1. The predicted octanol–water partition coefficient (Wildman–Crippen LogP) is 7.04. The number of hydrogen-bond acceptors (Lipinski definition) is 10. The Bertz CT molecular complexity index is 3190. The highest BCUT2D eigenvalue weighted by Gasteiger charge is 2.59. The molecule has 6 aromatic rings. The summed E-state index contributed by atoms with van der Waals surface area (Å²) < 4.78 is 63.2. The van der Waals surface area contributed by atoms with Crippen LogP contribution >= 0.6 is 0 Å².